The van der Waals surface area contributed by atoms with Gasteiger partial charge in [0.15, 0.2) is 5.96 Å². The Bertz CT molecular complexity index is 446. The molecular weight excluding hydrogens is 419 g/mol. The summed E-state index contributed by atoms with van der Waals surface area (Å²) in [6.07, 6.45) is 3.13. The Kier molecular flexibility index (Phi) is 8.08. The van der Waals surface area contributed by atoms with E-state index in [1.54, 1.807) is 0 Å². The van der Waals surface area contributed by atoms with E-state index in [2.05, 4.69) is 29.5 Å². The lowest BCUT2D eigenvalue weighted by Crippen LogP contribution is -2.41. The van der Waals surface area contributed by atoms with Crippen molar-refractivity contribution in [2.45, 2.75) is 71.6 Å². The second-order valence-corrected chi connectivity index (χ2v) is 7.63. The standard InChI is InChI=1S/C17H32N4O2.HI/c1-6-18-15(20-14-11-12(14)2)19-9-10-21(13-7-8-13)16(22)23-17(3,4)5;/h12-14H,6-11H2,1-5H3,(H2,18,19,20);1H. The molecule has 0 aromatic rings. The summed E-state index contributed by atoms with van der Waals surface area (Å²) in [6, 6.07) is 0.872. The summed E-state index contributed by atoms with van der Waals surface area (Å²) < 4.78 is 5.50. The van der Waals surface area contributed by atoms with E-state index in [1.165, 1.54) is 6.42 Å². The van der Waals surface area contributed by atoms with Crippen molar-refractivity contribution in [3.63, 3.8) is 0 Å². The van der Waals surface area contributed by atoms with E-state index in [0.717, 1.165) is 31.3 Å². The molecule has 24 heavy (non-hydrogen) atoms. The molecule has 6 nitrogen and oxygen atoms in total. The van der Waals surface area contributed by atoms with Gasteiger partial charge in [0.1, 0.15) is 5.60 Å². The Morgan fingerprint density at radius 1 is 1.33 bits per heavy atom. The van der Waals surface area contributed by atoms with Gasteiger partial charge in [-0.05, 0) is 52.9 Å². The molecular formula is C17H33IN4O2. The molecule has 0 bridgehead atoms. The quantitative estimate of drug-likeness (QED) is 0.370. The number of guanidine groups is 1. The molecule has 2 atom stereocenters. The molecule has 2 aliphatic carbocycles. The third-order valence-corrected chi connectivity index (χ3v) is 4.00. The first-order valence-corrected chi connectivity index (χ1v) is 8.84. The molecule has 0 aliphatic heterocycles. The predicted molar refractivity (Wildman–Crippen MR) is 108 cm³/mol. The van der Waals surface area contributed by atoms with Gasteiger partial charge in [-0.15, -0.1) is 24.0 Å². The van der Waals surface area contributed by atoms with Crippen molar-refractivity contribution >= 4 is 36.0 Å². The minimum atomic E-state index is -0.452. The van der Waals surface area contributed by atoms with Crippen LogP contribution in [0.15, 0.2) is 4.99 Å². The van der Waals surface area contributed by atoms with E-state index in [-0.39, 0.29) is 30.1 Å². The zero-order chi connectivity index (χ0) is 17.0. The van der Waals surface area contributed by atoms with Crippen LogP contribution in [0.2, 0.25) is 0 Å². The van der Waals surface area contributed by atoms with Gasteiger partial charge >= 0.3 is 6.09 Å². The summed E-state index contributed by atoms with van der Waals surface area (Å²) in [7, 11) is 0. The normalized spacial score (nSPS) is 23.1. The van der Waals surface area contributed by atoms with Crippen molar-refractivity contribution in [2.75, 3.05) is 19.6 Å². The molecule has 0 radical (unpaired) electrons. The maximum absolute atomic E-state index is 12.3. The zero-order valence-electron chi connectivity index (χ0n) is 15.6. The first-order chi connectivity index (χ1) is 10.8. The molecule has 2 N–H and O–H groups in total. The molecule has 0 aromatic carbocycles. The molecule has 2 aliphatic rings. The largest absolute Gasteiger partial charge is 0.444 e. The summed E-state index contributed by atoms with van der Waals surface area (Å²) in [4.78, 5) is 18.7. The van der Waals surface area contributed by atoms with E-state index in [0.29, 0.717) is 25.2 Å². The summed E-state index contributed by atoms with van der Waals surface area (Å²) in [5.74, 6) is 1.57. The van der Waals surface area contributed by atoms with Crippen LogP contribution in [0.3, 0.4) is 0 Å². The number of rotatable bonds is 6. The number of carbonyl (C=O) groups is 1. The Morgan fingerprint density at radius 3 is 2.42 bits per heavy atom. The average Bonchev–Trinajstić information content (AvgIpc) is 3.32. The summed E-state index contributed by atoms with van der Waals surface area (Å²) >= 11 is 0. The SMILES string of the molecule is CCNC(=NCCN(C(=O)OC(C)(C)C)C1CC1)NC1CC1C.I. The second-order valence-electron chi connectivity index (χ2n) is 7.63. The number of nitrogens with zero attached hydrogens (tertiary/aromatic N) is 2. The van der Waals surface area contributed by atoms with Gasteiger partial charge in [0, 0.05) is 25.2 Å². The van der Waals surface area contributed by atoms with Gasteiger partial charge in [0.25, 0.3) is 0 Å². The zero-order valence-corrected chi connectivity index (χ0v) is 17.9. The van der Waals surface area contributed by atoms with Crippen LogP contribution in [0, 0.1) is 5.92 Å². The van der Waals surface area contributed by atoms with Crippen LogP contribution in [0.1, 0.15) is 53.9 Å². The highest BCUT2D eigenvalue weighted by molar-refractivity contribution is 14.0. The van der Waals surface area contributed by atoms with Gasteiger partial charge in [-0.25, -0.2) is 4.79 Å². The van der Waals surface area contributed by atoms with E-state index >= 15 is 0 Å². The van der Waals surface area contributed by atoms with Crippen molar-refractivity contribution in [3.05, 3.63) is 0 Å². The Labute approximate surface area is 163 Å². The molecule has 0 saturated heterocycles. The van der Waals surface area contributed by atoms with Crippen LogP contribution in [0.4, 0.5) is 4.79 Å². The van der Waals surface area contributed by atoms with Gasteiger partial charge in [-0.1, -0.05) is 6.92 Å². The maximum Gasteiger partial charge on any atom is 0.410 e. The highest BCUT2D eigenvalue weighted by atomic mass is 127. The first-order valence-electron chi connectivity index (χ1n) is 8.84. The van der Waals surface area contributed by atoms with Gasteiger partial charge < -0.3 is 20.3 Å². The number of amides is 1. The number of aliphatic imine (C=N–C) groups is 1. The average molecular weight is 452 g/mol. The van der Waals surface area contributed by atoms with Gasteiger partial charge in [0.2, 0.25) is 0 Å². The topological polar surface area (TPSA) is 66.0 Å². The molecule has 2 rings (SSSR count). The molecule has 140 valence electrons. The molecule has 7 heteroatoms. The van der Waals surface area contributed by atoms with Crippen molar-refractivity contribution in [1.82, 2.24) is 15.5 Å². The van der Waals surface area contributed by atoms with Crippen LogP contribution in [0.25, 0.3) is 0 Å². The Hall–Kier alpha value is -0.730. The fourth-order valence-electron chi connectivity index (χ4n) is 2.42. The minimum Gasteiger partial charge on any atom is -0.444 e. The summed E-state index contributed by atoms with van der Waals surface area (Å²) in [6.45, 7) is 12.0. The van der Waals surface area contributed by atoms with Gasteiger partial charge in [-0.2, -0.15) is 0 Å². The third kappa shape index (κ3) is 7.44. The lowest BCUT2D eigenvalue weighted by atomic mass is 10.2. The number of ether oxygens (including phenoxy) is 1. The lowest BCUT2D eigenvalue weighted by Gasteiger charge is -2.27. The summed E-state index contributed by atoms with van der Waals surface area (Å²) in [5, 5.41) is 6.70. The molecule has 0 spiro atoms. The van der Waals surface area contributed by atoms with Crippen LogP contribution in [-0.4, -0.2) is 54.3 Å². The third-order valence-electron chi connectivity index (χ3n) is 4.00. The van der Waals surface area contributed by atoms with E-state index in [4.69, 9.17) is 4.74 Å². The number of hydrogen-bond acceptors (Lipinski definition) is 3. The molecule has 2 fully saturated rings. The van der Waals surface area contributed by atoms with Crippen molar-refractivity contribution < 1.29 is 9.53 Å². The predicted octanol–water partition coefficient (Wildman–Crippen LogP) is 2.97. The van der Waals surface area contributed by atoms with E-state index in [9.17, 15) is 4.79 Å². The van der Waals surface area contributed by atoms with Gasteiger partial charge in [0.05, 0.1) is 6.54 Å². The fourth-order valence-corrected chi connectivity index (χ4v) is 2.42. The van der Waals surface area contributed by atoms with E-state index in [1.807, 2.05) is 25.7 Å². The first kappa shape index (κ1) is 21.3. The van der Waals surface area contributed by atoms with Crippen molar-refractivity contribution in [3.8, 4) is 0 Å². The highest BCUT2D eigenvalue weighted by Crippen LogP contribution is 2.29. The molecule has 0 aromatic heterocycles. The number of nitrogens with one attached hydrogen (secondary N) is 2. The van der Waals surface area contributed by atoms with Crippen LogP contribution < -0.4 is 10.6 Å². The Balaban J connectivity index is 0.00000288. The lowest BCUT2D eigenvalue weighted by molar-refractivity contribution is 0.0240. The number of carbonyl (C=O) groups excluding carboxylic acids is 1. The Morgan fingerprint density at radius 2 is 1.96 bits per heavy atom. The number of hydrogen-bond donors (Lipinski definition) is 2. The van der Waals surface area contributed by atoms with Crippen LogP contribution in [0.5, 0.6) is 0 Å². The molecule has 1 amide bonds. The minimum absolute atomic E-state index is 0. The monoisotopic (exact) mass is 452 g/mol. The highest BCUT2D eigenvalue weighted by Gasteiger charge is 2.35. The summed E-state index contributed by atoms with van der Waals surface area (Å²) in [5.41, 5.74) is -0.452. The van der Waals surface area contributed by atoms with Crippen LogP contribution in [-0.2, 0) is 4.74 Å². The van der Waals surface area contributed by atoms with E-state index < -0.39 is 5.60 Å². The molecule has 2 saturated carbocycles. The molecule has 0 heterocycles. The molecule has 2 unspecified atom stereocenters. The number of halogens is 1. The van der Waals surface area contributed by atoms with Gasteiger partial charge in [-0.3, -0.25) is 4.99 Å². The fraction of sp³-hybridized carbons (Fsp3) is 0.882. The van der Waals surface area contributed by atoms with Crippen molar-refractivity contribution in [1.29, 1.82) is 0 Å². The smallest absolute Gasteiger partial charge is 0.410 e. The second kappa shape index (κ2) is 9.10. The van der Waals surface area contributed by atoms with Crippen molar-refractivity contribution in [2.24, 2.45) is 10.9 Å². The van der Waals surface area contributed by atoms with Crippen LogP contribution >= 0.6 is 24.0 Å². The maximum atomic E-state index is 12.3.